The van der Waals surface area contributed by atoms with Crippen molar-refractivity contribution >= 4 is 5.91 Å². The van der Waals surface area contributed by atoms with Crippen LogP contribution in [0.3, 0.4) is 0 Å². The molecule has 0 saturated carbocycles. The molecule has 0 radical (unpaired) electrons. The van der Waals surface area contributed by atoms with Crippen molar-refractivity contribution in [2.24, 2.45) is 11.7 Å². The molecule has 136 valence electrons. The minimum Gasteiger partial charge on any atom is -0.340 e. The molecule has 3 aromatic rings. The predicted octanol–water partition coefficient (Wildman–Crippen LogP) is 1.83. The summed E-state index contributed by atoms with van der Waals surface area (Å²) < 4.78 is 5.34. The van der Waals surface area contributed by atoms with Crippen LogP contribution in [0.15, 0.2) is 35.1 Å². The molecule has 0 aliphatic heterocycles. The topological polar surface area (TPSA) is 136 Å². The van der Waals surface area contributed by atoms with Gasteiger partial charge in [-0.3, -0.25) is 9.89 Å². The number of nitrogens with one attached hydrogen (secondary N) is 2. The zero-order chi connectivity index (χ0) is 18.5. The molecule has 3 rings (SSSR count). The first-order valence-electron chi connectivity index (χ1n) is 8.36. The average Bonchev–Trinajstić information content (AvgIpc) is 3.32. The molecule has 1 amide bonds. The van der Waals surface area contributed by atoms with E-state index in [2.05, 4.69) is 44.5 Å². The van der Waals surface area contributed by atoms with Crippen molar-refractivity contribution in [1.29, 1.82) is 0 Å². The van der Waals surface area contributed by atoms with Gasteiger partial charge in [-0.1, -0.05) is 31.1 Å². The molecule has 0 bridgehead atoms. The van der Waals surface area contributed by atoms with E-state index < -0.39 is 6.04 Å². The highest BCUT2D eigenvalue weighted by atomic mass is 16.5. The van der Waals surface area contributed by atoms with Gasteiger partial charge in [0.1, 0.15) is 12.4 Å². The number of benzene rings is 1. The lowest BCUT2D eigenvalue weighted by Gasteiger charge is -2.17. The first-order chi connectivity index (χ1) is 12.6. The second kappa shape index (κ2) is 7.87. The van der Waals surface area contributed by atoms with E-state index in [1.165, 1.54) is 6.33 Å². The van der Waals surface area contributed by atoms with Crippen LogP contribution in [0.25, 0.3) is 11.6 Å². The van der Waals surface area contributed by atoms with E-state index in [0.29, 0.717) is 42.0 Å². The number of nitrogens with two attached hydrogens (primary N) is 1. The van der Waals surface area contributed by atoms with Crippen molar-refractivity contribution in [2.75, 3.05) is 0 Å². The van der Waals surface area contributed by atoms with E-state index in [1.807, 2.05) is 12.1 Å². The van der Waals surface area contributed by atoms with Gasteiger partial charge in [-0.25, -0.2) is 4.98 Å². The van der Waals surface area contributed by atoms with Crippen molar-refractivity contribution in [3.05, 3.63) is 47.6 Å². The monoisotopic (exact) mass is 355 g/mol. The molecule has 1 unspecified atom stereocenters. The number of hydrogen-bond acceptors (Lipinski definition) is 7. The Hall–Kier alpha value is -3.07. The van der Waals surface area contributed by atoms with Crippen LogP contribution in [0.2, 0.25) is 0 Å². The molecule has 0 aliphatic carbocycles. The molecular formula is C17H21N7O2. The van der Waals surface area contributed by atoms with Crippen LogP contribution in [-0.4, -0.2) is 31.2 Å². The van der Waals surface area contributed by atoms with E-state index in [0.717, 1.165) is 5.56 Å². The summed E-state index contributed by atoms with van der Waals surface area (Å²) in [4.78, 5) is 20.9. The van der Waals surface area contributed by atoms with Gasteiger partial charge in [0.25, 0.3) is 5.91 Å². The summed E-state index contributed by atoms with van der Waals surface area (Å²) in [5.74, 6) is 1.15. The number of nitrogens with zero attached hydrogens (tertiary/aromatic N) is 4. The molecule has 0 saturated heterocycles. The summed E-state index contributed by atoms with van der Waals surface area (Å²) in [5.41, 5.74) is 7.10. The van der Waals surface area contributed by atoms with Crippen molar-refractivity contribution in [3.8, 4) is 11.6 Å². The summed E-state index contributed by atoms with van der Waals surface area (Å²) in [6.07, 6.45) is 2.02. The molecule has 0 fully saturated rings. The van der Waals surface area contributed by atoms with Crippen LogP contribution >= 0.6 is 0 Å². The first kappa shape index (κ1) is 17.7. The number of H-pyrrole nitrogens is 1. The fourth-order valence-corrected chi connectivity index (χ4v) is 2.51. The van der Waals surface area contributed by atoms with Crippen LogP contribution in [0.4, 0.5) is 0 Å². The third kappa shape index (κ3) is 4.12. The van der Waals surface area contributed by atoms with E-state index in [9.17, 15) is 4.79 Å². The third-order valence-corrected chi connectivity index (χ3v) is 3.83. The summed E-state index contributed by atoms with van der Waals surface area (Å²) in [5, 5.41) is 13.3. The summed E-state index contributed by atoms with van der Waals surface area (Å²) in [6, 6.07) is 6.76. The second-order valence-corrected chi connectivity index (χ2v) is 6.35. The molecule has 1 atom stereocenters. The minimum atomic E-state index is -0.402. The molecule has 1 aromatic carbocycles. The maximum Gasteiger partial charge on any atom is 0.251 e. The number of carbonyl (C=O) groups is 1. The number of amides is 1. The molecule has 2 heterocycles. The van der Waals surface area contributed by atoms with Crippen molar-refractivity contribution in [2.45, 2.75) is 32.9 Å². The molecular weight excluding hydrogens is 334 g/mol. The Kier molecular flexibility index (Phi) is 5.37. The standard InChI is InChI=1S/C17H21N7O2/c1-10(2)7-13(17-22-15(24-26-17)14-19-9-20-23-14)21-16(25)12-5-3-11(8-18)4-6-12/h3-6,9-10,13H,7-8,18H2,1-2H3,(H,21,25)(H,19,20,23). The van der Waals surface area contributed by atoms with E-state index in [-0.39, 0.29) is 5.91 Å². The van der Waals surface area contributed by atoms with Gasteiger partial charge in [0.05, 0.1) is 0 Å². The van der Waals surface area contributed by atoms with Crippen LogP contribution in [0.1, 0.15) is 48.1 Å². The lowest BCUT2D eigenvalue weighted by atomic mass is 10.0. The normalized spacial score (nSPS) is 12.3. The van der Waals surface area contributed by atoms with Gasteiger partial charge in [0, 0.05) is 12.1 Å². The van der Waals surface area contributed by atoms with Crippen LogP contribution in [0.5, 0.6) is 0 Å². The largest absolute Gasteiger partial charge is 0.340 e. The number of aromatic nitrogens is 5. The molecule has 0 spiro atoms. The summed E-state index contributed by atoms with van der Waals surface area (Å²) >= 11 is 0. The highest BCUT2D eigenvalue weighted by Gasteiger charge is 2.24. The smallest absolute Gasteiger partial charge is 0.251 e. The highest BCUT2D eigenvalue weighted by Crippen LogP contribution is 2.22. The average molecular weight is 355 g/mol. The van der Waals surface area contributed by atoms with E-state index in [1.54, 1.807) is 12.1 Å². The Bertz CT molecular complexity index is 840. The maximum absolute atomic E-state index is 12.6. The maximum atomic E-state index is 12.6. The van der Waals surface area contributed by atoms with Crippen LogP contribution in [-0.2, 0) is 6.54 Å². The second-order valence-electron chi connectivity index (χ2n) is 6.35. The molecule has 26 heavy (non-hydrogen) atoms. The summed E-state index contributed by atoms with van der Waals surface area (Å²) in [6.45, 7) is 4.55. The van der Waals surface area contributed by atoms with Crippen LogP contribution < -0.4 is 11.1 Å². The van der Waals surface area contributed by atoms with Gasteiger partial charge in [-0.05, 0) is 30.0 Å². The number of hydrogen-bond donors (Lipinski definition) is 3. The Morgan fingerprint density at radius 2 is 2.08 bits per heavy atom. The predicted molar refractivity (Wildman–Crippen MR) is 93.7 cm³/mol. The zero-order valence-electron chi connectivity index (χ0n) is 14.6. The molecule has 2 aromatic heterocycles. The fourth-order valence-electron chi connectivity index (χ4n) is 2.51. The van der Waals surface area contributed by atoms with Gasteiger partial charge in [0.2, 0.25) is 11.7 Å². The third-order valence-electron chi connectivity index (χ3n) is 3.83. The van der Waals surface area contributed by atoms with Gasteiger partial charge in [-0.15, -0.1) is 0 Å². The summed E-state index contributed by atoms with van der Waals surface area (Å²) in [7, 11) is 0. The molecule has 9 nitrogen and oxygen atoms in total. The van der Waals surface area contributed by atoms with E-state index >= 15 is 0 Å². The van der Waals surface area contributed by atoms with Crippen LogP contribution in [0, 0.1) is 5.92 Å². The minimum absolute atomic E-state index is 0.210. The van der Waals surface area contributed by atoms with E-state index in [4.69, 9.17) is 10.3 Å². The fraction of sp³-hybridized carbons (Fsp3) is 0.353. The number of carbonyl (C=O) groups excluding carboxylic acids is 1. The number of rotatable bonds is 7. The quantitative estimate of drug-likeness (QED) is 0.588. The lowest BCUT2D eigenvalue weighted by molar-refractivity contribution is 0.0922. The van der Waals surface area contributed by atoms with Gasteiger partial charge < -0.3 is 15.6 Å². The SMILES string of the molecule is CC(C)CC(NC(=O)c1ccc(CN)cc1)c1nc(-c2ncn[nH]2)no1. The Morgan fingerprint density at radius 1 is 1.31 bits per heavy atom. The van der Waals surface area contributed by atoms with Crippen molar-refractivity contribution in [3.63, 3.8) is 0 Å². The number of aromatic amines is 1. The molecule has 9 heteroatoms. The van der Waals surface area contributed by atoms with Crippen molar-refractivity contribution < 1.29 is 9.32 Å². The van der Waals surface area contributed by atoms with Crippen molar-refractivity contribution in [1.82, 2.24) is 30.6 Å². The Morgan fingerprint density at radius 3 is 2.69 bits per heavy atom. The highest BCUT2D eigenvalue weighted by molar-refractivity contribution is 5.94. The molecule has 0 aliphatic rings. The zero-order valence-corrected chi connectivity index (χ0v) is 14.6. The first-order valence-corrected chi connectivity index (χ1v) is 8.36. The van der Waals surface area contributed by atoms with Gasteiger partial charge in [-0.2, -0.15) is 10.1 Å². The van der Waals surface area contributed by atoms with Gasteiger partial charge in [0.15, 0.2) is 5.82 Å². The van der Waals surface area contributed by atoms with Gasteiger partial charge >= 0.3 is 0 Å². The Labute approximate surface area is 150 Å². The lowest BCUT2D eigenvalue weighted by Crippen LogP contribution is -2.29. The Balaban J connectivity index is 1.78. The molecule has 4 N–H and O–H groups in total.